The predicted octanol–water partition coefficient (Wildman–Crippen LogP) is 12.3. The minimum absolute atomic E-state index is 0. The Kier molecular flexibility index (Phi) is 11.3. The molecule has 0 N–H and O–H groups in total. The standard InChI is InChI=1S/C29H23N2O.C19H26NSi.Ir/c1-29(2,3)19-15-17-20(18-16-19)31-25-13-6-5-12-24(25)30-28(31)23-11-8-10-22-21-9-4-7-14-26(21)32-27(22)23;1-14(2)11-17-12-18(16-9-7-15(3)8-10-16)20-13-19(17)21(4,5)6;/h4-10,12-18H,1-3H3;7-9,12-14H,11H2,1-6H3;/q2*-1;. The summed E-state index contributed by atoms with van der Waals surface area (Å²) in [5.41, 5.74) is 11.9. The molecule has 8 aromatic rings. The Bertz CT molecular complexity index is 2530. The van der Waals surface area contributed by atoms with Crippen molar-refractivity contribution in [1.82, 2.24) is 14.5 Å². The van der Waals surface area contributed by atoms with Crippen LogP contribution in [-0.4, -0.2) is 22.6 Å². The van der Waals surface area contributed by atoms with Crippen LogP contribution in [0, 0.1) is 25.0 Å². The minimum atomic E-state index is -1.35. The van der Waals surface area contributed by atoms with Gasteiger partial charge in [0.1, 0.15) is 5.58 Å². The number of para-hydroxylation sites is 3. The summed E-state index contributed by atoms with van der Waals surface area (Å²) in [6.07, 6.45) is 3.24. The first kappa shape index (κ1) is 39.1. The molecule has 8 rings (SSSR count). The monoisotopic (exact) mass is 904 g/mol. The van der Waals surface area contributed by atoms with Crippen LogP contribution in [0.2, 0.25) is 19.6 Å². The fraction of sp³-hybridized carbons (Fsp3) is 0.250. The number of furan rings is 1. The molecule has 0 spiro atoms. The fourth-order valence-corrected chi connectivity index (χ4v) is 8.60. The molecule has 54 heavy (non-hydrogen) atoms. The van der Waals surface area contributed by atoms with Crippen LogP contribution in [0.1, 0.15) is 51.3 Å². The second-order valence-electron chi connectivity index (χ2n) is 16.6. The van der Waals surface area contributed by atoms with E-state index in [1.165, 1.54) is 21.9 Å². The Morgan fingerprint density at radius 3 is 2.24 bits per heavy atom. The maximum atomic E-state index is 6.30. The summed E-state index contributed by atoms with van der Waals surface area (Å²) in [4.78, 5) is 9.74. The molecule has 0 bridgehead atoms. The summed E-state index contributed by atoms with van der Waals surface area (Å²) in [5.74, 6) is 1.50. The van der Waals surface area contributed by atoms with E-state index >= 15 is 0 Å². The van der Waals surface area contributed by atoms with Gasteiger partial charge in [-0.2, -0.15) is 0 Å². The van der Waals surface area contributed by atoms with Crippen LogP contribution in [0.4, 0.5) is 0 Å². The van der Waals surface area contributed by atoms with Crippen molar-refractivity contribution in [2.24, 2.45) is 5.92 Å². The molecule has 0 aliphatic rings. The summed E-state index contributed by atoms with van der Waals surface area (Å²) in [7, 11) is -1.35. The summed E-state index contributed by atoms with van der Waals surface area (Å²) in [6, 6.07) is 44.5. The second-order valence-corrected chi connectivity index (χ2v) is 21.6. The summed E-state index contributed by atoms with van der Waals surface area (Å²) < 4.78 is 8.51. The molecule has 0 atom stereocenters. The van der Waals surface area contributed by atoms with E-state index in [1.54, 1.807) is 0 Å². The molecule has 3 heterocycles. The van der Waals surface area contributed by atoms with Crippen LogP contribution in [0.15, 0.2) is 120 Å². The fourth-order valence-electron chi connectivity index (χ4n) is 7.01. The largest absolute Gasteiger partial charge is 0.501 e. The Labute approximate surface area is 335 Å². The van der Waals surface area contributed by atoms with Crippen molar-refractivity contribution < 1.29 is 24.5 Å². The number of benzene rings is 5. The van der Waals surface area contributed by atoms with E-state index in [4.69, 9.17) is 14.4 Å². The van der Waals surface area contributed by atoms with Crippen molar-refractivity contribution in [3.05, 3.63) is 144 Å². The number of aromatic nitrogens is 3. The molecule has 0 fully saturated rings. The smallest absolute Gasteiger partial charge is 0.120 e. The van der Waals surface area contributed by atoms with Crippen molar-refractivity contribution >= 4 is 46.2 Å². The number of nitrogens with zero attached hydrogens (tertiary/aromatic N) is 3. The van der Waals surface area contributed by atoms with E-state index in [0.717, 1.165) is 67.7 Å². The van der Waals surface area contributed by atoms with Crippen molar-refractivity contribution in [2.75, 3.05) is 0 Å². The average Bonchev–Trinajstić information content (AvgIpc) is 3.70. The molecular formula is C48H49IrN3OSi-2. The predicted molar refractivity (Wildman–Crippen MR) is 226 cm³/mol. The van der Waals surface area contributed by atoms with Gasteiger partial charge in [-0.25, -0.2) is 0 Å². The van der Waals surface area contributed by atoms with Gasteiger partial charge in [0, 0.05) is 37.4 Å². The normalized spacial score (nSPS) is 11.9. The Hall–Kier alpha value is -4.61. The molecule has 3 aromatic heterocycles. The number of imidazole rings is 1. The van der Waals surface area contributed by atoms with E-state index in [0.29, 0.717) is 5.92 Å². The van der Waals surface area contributed by atoms with Crippen LogP contribution in [0.25, 0.3) is 61.3 Å². The van der Waals surface area contributed by atoms with Gasteiger partial charge in [-0.3, -0.25) is 4.98 Å². The average molecular weight is 904 g/mol. The van der Waals surface area contributed by atoms with Crippen molar-refractivity contribution in [3.8, 4) is 28.3 Å². The first-order valence-electron chi connectivity index (χ1n) is 18.7. The quantitative estimate of drug-likeness (QED) is 0.123. The molecule has 6 heteroatoms. The van der Waals surface area contributed by atoms with E-state index in [2.05, 4.69) is 157 Å². The van der Waals surface area contributed by atoms with Gasteiger partial charge in [0.05, 0.1) is 30.5 Å². The van der Waals surface area contributed by atoms with Gasteiger partial charge in [-0.15, -0.1) is 53.6 Å². The SMILES string of the molecule is CC(C)(C)c1ccc(-n2c(-c3[c-]ccc4c3oc3ccccc34)nc3ccccc32)cc1.Cc1c[c-]c(-c2cc(CC(C)C)c([Si](C)(C)C)cn2)cc1.[Ir]. The van der Waals surface area contributed by atoms with Gasteiger partial charge in [0.2, 0.25) is 0 Å². The van der Waals surface area contributed by atoms with Crippen molar-refractivity contribution in [2.45, 2.75) is 73.0 Å². The van der Waals surface area contributed by atoms with E-state index in [1.807, 2.05) is 36.4 Å². The van der Waals surface area contributed by atoms with Gasteiger partial charge >= 0.3 is 0 Å². The zero-order valence-corrected chi connectivity index (χ0v) is 36.2. The van der Waals surface area contributed by atoms with Gasteiger partial charge in [-0.1, -0.05) is 126 Å². The van der Waals surface area contributed by atoms with Crippen molar-refractivity contribution in [3.63, 3.8) is 0 Å². The number of aryl methyl sites for hydroxylation is 1. The molecule has 0 amide bonds. The first-order chi connectivity index (χ1) is 25.3. The van der Waals surface area contributed by atoms with Gasteiger partial charge in [-0.05, 0) is 64.5 Å². The summed E-state index contributed by atoms with van der Waals surface area (Å²) >= 11 is 0. The zero-order valence-electron chi connectivity index (χ0n) is 32.8. The van der Waals surface area contributed by atoms with Crippen LogP contribution >= 0.6 is 0 Å². The molecule has 277 valence electrons. The third kappa shape index (κ3) is 8.07. The van der Waals surface area contributed by atoms with E-state index < -0.39 is 8.07 Å². The van der Waals surface area contributed by atoms with Crippen LogP contribution < -0.4 is 5.19 Å². The second kappa shape index (κ2) is 15.6. The molecule has 4 nitrogen and oxygen atoms in total. The zero-order chi connectivity index (χ0) is 37.5. The number of hydrogen-bond acceptors (Lipinski definition) is 3. The van der Waals surface area contributed by atoms with Crippen LogP contribution in [-0.2, 0) is 31.9 Å². The third-order valence-corrected chi connectivity index (χ3v) is 11.9. The number of pyridine rings is 1. The van der Waals surface area contributed by atoms with Gasteiger partial charge < -0.3 is 14.0 Å². The molecule has 0 aliphatic carbocycles. The number of hydrogen-bond donors (Lipinski definition) is 0. The molecule has 0 saturated carbocycles. The Morgan fingerprint density at radius 1 is 0.833 bits per heavy atom. The Morgan fingerprint density at radius 2 is 1.56 bits per heavy atom. The molecule has 0 aliphatic heterocycles. The van der Waals surface area contributed by atoms with Gasteiger partial charge in [0.25, 0.3) is 0 Å². The molecule has 1 radical (unpaired) electrons. The first-order valence-corrected chi connectivity index (χ1v) is 22.2. The minimum Gasteiger partial charge on any atom is -0.501 e. The maximum Gasteiger partial charge on any atom is 0.120 e. The maximum absolute atomic E-state index is 6.30. The Balaban J connectivity index is 0.000000198. The molecule has 0 unspecified atom stereocenters. The molecule has 0 saturated heterocycles. The van der Waals surface area contributed by atoms with Crippen LogP contribution in [0.3, 0.4) is 0 Å². The molecular weight excluding hydrogens is 855 g/mol. The topological polar surface area (TPSA) is 43.9 Å². The molecule has 5 aromatic carbocycles. The van der Waals surface area contributed by atoms with Gasteiger partial charge in [0.15, 0.2) is 0 Å². The third-order valence-electron chi connectivity index (χ3n) is 9.78. The number of fused-ring (bicyclic) bond motifs is 4. The van der Waals surface area contributed by atoms with Crippen molar-refractivity contribution in [1.29, 1.82) is 0 Å². The van der Waals surface area contributed by atoms with E-state index in [9.17, 15) is 0 Å². The summed E-state index contributed by atoms with van der Waals surface area (Å²) in [6.45, 7) is 20.5. The van der Waals surface area contributed by atoms with E-state index in [-0.39, 0.29) is 25.5 Å². The number of rotatable bonds is 6. The van der Waals surface area contributed by atoms with Crippen LogP contribution in [0.5, 0.6) is 0 Å². The summed E-state index contributed by atoms with van der Waals surface area (Å²) in [5, 5.41) is 3.68.